The van der Waals surface area contributed by atoms with Crippen molar-refractivity contribution in [2.45, 2.75) is 26.4 Å². The van der Waals surface area contributed by atoms with Crippen molar-refractivity contribution < 1.29 is 4.43 Å². The maximum absolute atomic E-state index is 5.02. The summed E-state index contributed by atoms with van der Waals surface area (Å²) in [6.07, 6.45) is 1.88. The van der Waals surface area contributed by atoms with Gasteiger partial charge in [0.15, 0.2) is 0 Å². The van der Waals surface area contributed by atoms with Gasteiger partial charge in [0.1, 0.15) is 0 Å². The largest absolute Gasteiger partial charge is 0.413 e. The number of rotatable bonds is 3. The first-order valence-corrected chi connectivity index (χ1v) is 3.42. The minimum absolute atomic E-state index is 0.154. The van der Waals surface area contributed by atoms with Gasteiger partial charge in [0.05, 0.1) is 5.60 Å². The second-order valence-corrected chi connectivity index (χ2v) is 2.93. The molecule has 0 saturated carbocycles. The molecule has 2 heteroatoms. The molecule has 9 heavy (non-hydrogen) atoms. The Bertz CT molecular complexity index is 99.1. The Labute approximate surface area is 60.6 Å². The molecule has 0 saturated heterocycles. The Balaban J connectivity index is 3.95. The predicted molar refractivity (Wildman–Crippen MR) is 40.3 cm³/mol. The van der Waals surface area contributed by atoms with Gasteiger partial charge in [-0.25, -0.2) is 0 Å². The van der Waals surface area contributed by atoms with Crippen LogP contribution in [0.4, 0.5) is 0 Å². The molecular weight excluding hydrogens is 128 g/mol. The molecule has 0 amide bonds. The SMILES string of the molecule is C=CC(C)C(C)(C)O[Si]. The van der Waals surface area contributed by atoms with Gasteiger partial charge in [0, 0.05) is 5.92 Å². The third kappa shape index (κ3) is 2.33. The fourth-order valence-corrected chi connectivity index (χ4v) is 0.563. The topological polar surface area (TPSA) is 9.23 Å². The van der Waals surface area contributed by atoms with Crippen molar-refractivity contribution >= 4 is 10.5 Å². The molecule has 0 rings (SSSR count). The highest BCUT2D eigenvalue weighted by atomic mass is 28.2. The fraction of sp³-hybridized carbons (Fsp3) is 0.714. The van der Waals surface area contributed by atoms with E-state index in [1.54, 1.807) is 0 Å². The summed E-state index contributed by atoms with van der Waals surface area (Å²) in [6.45, 7) is 9.75. The van der Waals surface area contributed by atoms with Crippen molar-refractivity contribution in [2.75, 3.05) is 0 Å². The normalized spacial score (nSPS) is 15.1. The average molecular weight is 141 g/mol. The van der Waals surface area contributed by atoms with Gasteiger partial charge >= 0.3 is 0 Å². The summed E-state index contributed by atoms with van der Waals surface area (Å²) in [5, 5.41) is 0. The standard InChI is InChI=1S/C7H13OSi/c1-5-6(2)7(3,4)8-9/h5-6H,1H2,2-4H3. The van der Waals surface area contributed by atoms with Gasteiger partial charge in [-0.3, -0.25) is 0 Å². The van der Waals surface area contributed by atoms with E-state index in [0.29, 0.717) is 5.92 Å². The van der Waals surface area contributed by atoms with E-state index in [-0.39, 0.29) is 5.60 Å². The van der Waals surface area contributed by atoms with Crippen LogP contribution >= 0.6 is 0 Å². The molecule has 1 nitrogen and oxygen atoms in total. The molecule has 0 aromatic heterocycles. The number of hydrogen-bond acceptors (Lipinski definition) is 1. The molecule has 1 unspecified atom stereocenters. The van der Waals surface area contributed by atoms with Gasteiger partial charge in [-0.1, -0.05) is 13.0 Å². The van der Waals surface area contributed by atoms with Crippen LogP contribution in [0.25, 0.3) is 0 Å². The van der Waals surface area contributed by atoms with Gasteiger partial charge < -0.3 is 4.43 Å². The van der Waals surface area contributed by atoms with Crippen LogP contribution in [-0.2, 0) is 4.43 Å². The van der Waals surface area contributed by atoms with E-state index in [9.17, 15) is 0 Å². The van der Waals surface area contributed by atoms with E-state index in [1.165, 1.54) is 0 Å². The highest BCUT2D eigenvalue weighted by Crippen LogP contribution is 2.19. The molecule has 0 aliphatic carbocycles. The second-order valence-electron chi connectivity index (χ2n) is 2.73. The summed E-state index contributed by atoms with van der Waals surface area (Å²) in [7, 11) is 3.01. The smallest absolute Gasteiger partial charge is 0.247 e. The Morgan fingerprint density at radius 3 is 2.22 bits per heavy atom. The molecule has 0 aromatic carbocycles. The molecule has 0 N–H and O–H groups in total. The first-order chi connectivity index (χ1) is 4.04. The lowest BCUT2D eigenvalue weighted by molar-refractivity contribution is 0.0836. The fourth-order valence-electron chi connectivity index (χ4n) is 0.377. The molecule has 3 radical (unpaired) electrons. The molecule has 0 spiro atoms. The van der Waals surface area contributed by atoms with Crippen LogP contribution in [0.2, 0.25) is 0 Å². The Hall–Kier alpha value is -0.0831. The maximum atomic E-state index is 5.02. The summed E-state index contributed by atoms with van der Waals surface area (Å²) < 4.78 is 5.02. The molecule has 0 heterocycles. The summed E-state index contributed by atoms with van der Waals surface area (Å²) in [6, 6.07) is 0. The zero-order valence-electron chi connectivity index (χ0n) is 6.27. The van der Waals surface area contributed by atoms with Crippen molar-refractivity contribution in [1.29, 1.82) is 0 Å². The summed E-state index contributed by atoms with van der Waals surface area (Å²) in [5.74, 6) is 0.356. The third-order valence-electron chi connectivity index (χ3n) is 1.71. The van der Waals surface area contributed by atoms with Crippen LogP contribution in [0.15, 0.2) is 12.7 Å². The first-order valence-electron chi connectivity index (χ1n) is 3.02. The maximum Gasteiger partial charge on any atom is 0.247 e. The molecule has 0 aromatic rings. The molecule has 0 fully saturated rings. The van der Waals surface area contributed by atoms with E-state index >= 15 is 0 Å². The van der Waals surface area contributed by atoms with Crippen molar-refractivity contribution in [3.63, 3.8) is 0 Å². The minimum Gasteiger partial charge on any atom is -0.413 e. The summed E-state index contributed by atoms with van der Waals surface area (Å²) in [5.41, 5.74) is -0.154. The van der Waals surface area contributed by atoms with Crippen molar-refractivity contribution in [3.8, 4) is 0 Å². The van der Waals surface area contributed by atoms with E-state index in [2.05, 4.69) is 24.0 Å². The molecule has 1 atom stereocenters. The van der Waals surface area contributed by atoms with Crippen molar-refractivity contribution in [3.05, 3.63) is 12.7 Å². The lowest BCUT2D eigenvalue weighted by atomic mass is 9.93. The Kier molecular flexibility index (Phi) is 3.15. The summed E-state index contributed by atoms with van der Waals surface area (Å²) in [4.78, 5) is 0. The highest BCUT2D eigenvalue weighted by Gasteiger charge is 2.21. The lowest BCUT2D eigenvalue weighted by Gasteiger charge is -2.28. The van der Waals surface area contributed by atoms with Gasteiger partial charge in [0.25, 0.3) is 0 Å². The zero-order valence-corrected chi connectivity index (χ0v) is 7.27. The molecule has 0 aliphatic rings. The Morgan fingerprint density at radius 1 is 1.67 bits per heavy atom. The molecule has 0 aliphatic heterocycles. The van der Waals surface area contributed by atoms with Crippen LogP contribution in [0.3, 0.4) is 0 Å². The van der Waals surface area contributed by atoms with Crippen molar-refractivity contribution in [1.82, 2.24) is 0 Å². The predicted octanol–water partition coefficient (Wildman–Crippen LogP) is 1.69. The van der Waals surface area contributed by atoms with Gasteiger partial charge in [-0.05, 0) is 13.8 Å². The van der Waals surface area contributed by atoms with Gasteiger partial charge in [0.2, 0.25) is 10.5 Å². The van der Waals surface area contributed by atoms with E-state index in [4.69, 9.17) is 4.43 Å². The Morgan fingerprint density at radius 2 is 2.11 bits per heavy atom. The highest BCUT2D eigenvalue weighted by molar-refractivity contribution is 5.98. The van der Waals surface area contributed by atoms with Crippen LogP contribution in [-0.4, -0.2) is 16.1 Å². The monoisotopic (exact) mass is 141 g/mol. The second kappa shape index (κ2) is 3.18. The number of hydrogen-bond donors (Lipinski definition) is 0. The third-order valence-corrected chi connectivity index (χ3v) is 2.24. The lowest BCUT2D eigenvalue weighted by Crippen LogP contribution is -2.30. The van der Waals surface area contributed by atoms with Crippen LogP contribution < -0.4 is 0 Å². The van der Waals surface area contributed by atoms with Gasteiger partial charge in [-0.2, -0.15) is 0 Å². The molecule has 51 valence electrons. The van der Waals surface area contributed by atoms with Crippen LogP contribution in [0.5, 0.6) is 0 Å². The zero-order chi connectivity index (χ0) is 7.49. The summed E-state index contributed by atoms with van der Waals surface area (Å²) >= 11 is 0. The first kappa shape index (κ1) is 8.92. The molecular formula is C7H13OSi. The van der Waals surface area contributed by atoms with E-state index in [1.807, 2.05) is 19.9 Å². The van der Waals surface area contributed by atoms with E-state index in [0.717, 1.165) is 0 Å². The minimum atomic E-state index is -0.154. The quantitative estimate of drug-likeness (QED) is 0.429. The van der Waals surface area contributed by atoms with Crippen LogP contribution in [0, 0.1) is 5.92 Å². The average Bonchev–Trinajstić information content (AvgIpc) is 1.86. The van der Waals surface area contributed by atoms with E-state index < -0.39 is 0 Å². The van der Waals surface area contributed by atoms with Crippen molar-refractivity contribution in [2.24, 2.45) is 5.92 Å². The van der Waals surface area contributed by atoms with Crippen LogP contribution in [0.1, 0.15) is 20.8 Å². The van der Waals surface area contributed by atoms with Gasteiger partial charge in [-0.15, -0.1) is 6.58 Å². The molecule has 0 bridgehead atoms.